The third-order valence-electron chi connectivity index (χ3n) is 3.68. The Kier molecular flexibility index (Phi) is 7.36. The Morgan fingerprint density at radius 3 is 2.59 bits per heavy atom. The summed E-state index contributed by atoms with van der Waals surface area (Å²) in [5, 5.41) is 12.1. The van der Waals surface area contributed by atoms with Crippen molar-refractivity contribution in [3.63, 3.8) is 0 Å². The van der Waals surface area contributed by atoms with Gasteiger partial charge in [-0.1, -0.05) is 31.7 Å². The minimum atomic E-state index is -3.54. The van der Waals surface area contributed by atoms with E-state index in [0.29, 0.717) is 29.4 Å². The second kappa shape index (κ2) is 9.50. The zero-order valence-corrected chi connectivity index (χ0v) is 16.7. The molecule has 0 saturated heterocycles. The van der Waals surface area contributed by atoms with Crippen LogP contribution in [-0.2, 0) is 14.8 Å². The Morgan fingerprint density at radius 1 is 1.26 bits per heavy atom. The summed E-state index contributed by atoms with van der Waals surface area (Å²) in [6, 6.07) is 11.7. The summed E-state index contributed by atoms with van der Waals surface area (Å²) >= 11 is 1.20. The number of pyridine rings is 1. The van der Waals surface area contributed by atoms with Gasteiger partial charge in [0.15, 0.2) is 0 Å². The number of hydrogen-bond acceptors (Lipinski definition) is 6. The molecule has 0 spiro atoms. The molecule has 0 bridgehead atoms. The van der Waals surface area contributed by atoms with Crippen LogP contribution >= 0.6 is 11.8 Å². The first-order chi connectivity index (χ1) is 12.9. The van der Waals surface area contributed by atoms with Gasteiger partial charge in [-0.05, 0) is 30.3 Å². The number of sulfonamides is 1. The van der Waals surface area contributed by atoms with Crippen molar-refractivity contribution in [3.05, 3.63) is 48.2 Å². The predicted molar refractivity (Wildman–Crippen MR) is 105 cm³/mol. The molecule has 0 fully saturated rings. The van der Waals surface area contributed by atoms with Crippen molar-refractivity contribution in [2.45, 2.75) is 23.8 Å². The van der Waals surface area contributed by atoms with Gasteiger partial charge in [0.05, 0.1) is 22.4 Å². The van der Waals surface area contributed by atoms with Gasteiger partial charge in [0.2, 0.25) is 15.9 Å². The molecule has 2 aromatic rings. The first-order valence-electron chi connectivity index (χ1n) is 8.29. The van der Waals surface area contributed by atoms with Crippen molar-refractivity contribution in [1.82, 2.24) is 9.29 Å². The zero-order valence-electron chi connectivity index (χ0n) is 15.0. The number of benzene rings is 1. The number of carbonyl (C=O) groups excluding carboxylic acids is 1. The maximum atomic E-state index is 12.4. The highest BCUT2D eigenvalue weighted by Gasteiger charge is 2.21. The van der Waals surface area contributed by atoms with Crippen molar-refractivity contribution in [1.29, 1.82) is 5.26 Å². The fourth-order valence-electron chi connectivity index (χ4n) is 2.32. The summed E-state index contributed by atoms with van der Waals surface area (Å²) in [7, 11) is -3.54. The van der Waals surface area contributed by atoms with Gasteiger partial charge in [-0.25, -0.2) is 13.4 Å². The second-order valence-corrected chi connectivity index (χ2v) is 8.38. The number of anilines is 1. The standard InChI is InChI=1S/C18H20N4O3S2/c1-3-22(4-2)27(24,25)16-8-9-18(20-12-16)26-13-17(23)21-15-7-5-6-14(10-15)11-19/h5-10,12H,3-4,13H2,1-2H3,(H,21,23). The van der Waals surface area contributed by atoms with Crippen LogP contribution < -0.4 is 5.32 Å². The third kappa shape index (κ3) is 5.53. The first-order valence-corrected chi connectivity index (χ1v) is 10.7. The monoisotopic (exact) mass is 404 g/mol. The molecule has 7 nitrogen and oxygen atoms in total. The molecule has 9 heteroatoms. The molecule has 0 aliphatic carbocycles. The summed E-state index contributed by atoms with van der Waals surface area (Å²) in [4.78, 5) is 16.3. The Morgan fingerprint density at radius 2 is 2.00 bits per heavy atom. The normalized spacial score (nSPS) is 11.2. The number of nitrogens with one attached hydrogen (secondary N) is 1. The van der Waals surface area contributed by atoms with Crippen molar-refractivity contribution >= 4 is 33.4 Å². The van der Waals surface area contributed by atoms with Gasteiger partial charge in [-0.2, -0.15) is 9.57 Å². The number of thioether (sulfide) groups is 1. The van der Waals surface area contributed by atoms with Crippen LogP contribution in [0, 0.1) is 11.3 Å². The van der Waals surface area contributed by atoms with Crippen LogP contribution in [0.4, 0.5) is 5.69 Å². The smallest absolute Gasteiger partial charge is 0.244 e. The van der Waals surface area contributed by atoms with Crippen LogP contribution in [0.2, 0.25) is 0 Å². The van der Waals surface area contributed by atoms with Crippen LogP contribution in [0.1, 0.15) is 19.4 Å². The maximum Gasteiger partial charge on any atom is 0.244 e. The van der Waals surface area contributed by atoms with E-state index in [0.717, 1.165) is 0 Å². The van der Waals surface area contributed by atoms with E-state index < -0.39 is 10.0 Å². The van der Waals surface area contributed by atoms with Crippen LogP contribution in [0.15, 0.2) is 52.5 Å². The van der Waals surface area contributed by atoms with Gasteiger partial charge in [0.1, 0.15) is 4.90 Å². The Balaban J connectivity index is 1.96. The molecule has 27 heavy (non-hydrogen) atoms. The van der Waals surface area contributed by atoms with Gasteiger partial charge in [-0.3, -0.25) is 4.79 Å². The summed E-state index contributed by atoms with van der Waals surface area (Å²) in [6.07, 6.45) is 1.31. The molecule has 1 heterocycles. The van der Waals surface area contributed by atoms with E-state index in [2.05, 4.69) is 10.3 Å². The van der Waals surface area contributed by atoms with E-state index in [9.17, 15) is 13.2 Å². The highest BCUT2D eigenvalue weighted by molar-refractivity contribution is 7.99. The number of aromatic nitrogens is 1. The molecule has 1 amide bonds. The van der Waals surface area contributed by atoms with Gasteiger partial charge in [0.25, 0.3) is 0 Å². The van der Waals surface area contributed by atoms with Crippen molar-refractivity contribution in [2.24, 2.45) is 0 Å². The lowest BCUT2D eigenvalue weighted by atomic mass is 10.2. The lowest BCUT2D eigenvalue weighted by Crippen LogP contribution is -2.30. The Labute approximate surface area is 163 Å². The van der Waals surface area contributed by atoms with E-state index in [4.69, 9.17) is 5.26 Å². The van der Waals surface area contributed by atoms with Crippen LogP contribution in [0.25, 0.3) is 0 Å². The molecule has 0 aliphatic rings. The van der Waals surface area contributed by atoms with Crippen molar-refractivity contribution in [2.75, 3.05) is 24.2 Å². The molecule has 142 valence electrons. The SMILES string of the molecule is CCN(CC)S(=O)(=O)c1ccc(SCC(=O)Nc2cccc(C#N)c2)nc1. The lowest BCUT2D eigenvalue weighted by Gasteiger charge is -2.18. The maximum absolute atomic E-state index is 12.4. The predicted octanol–water partition coefficient (Wildman–Crippen LogP) is 2.71. The average molecular weight is 405 g/mol. The Hall–Kier alpha value is -2.41. The number of hydrogen-bond donors (Lipinski definition) is 1. The van der Waals surface area contributed by atoms with E-state index in [1.54, 1.807) is 44.2 Å². The highest BCUT2D eigenvalue weighted by Crippen LogP contribution is 2.20. The molecule has 0 saturated carbocycles. The van der Waals surface area contributed by atoms with E-state index in [1.165, 1.54) is 28.3 Å². The topological polar surface area (TPSA) is 103 Å². The van der Waals surface area contributed by atoms with Gasteiger partial charge < -0.3 is 5.32 Å². The molecular formula is C18H20N4O3S2. The molecular weight excluding hydrogens is 384 g/mol. The molecule has 1 N–H and O–H groups in total. The molecule has 0 atom stereocenters. The van der Waals surface area contributed by atoms with Crippen LogP contribution in [0.3, 0.4) is 0 Å². The fourth-order valence-corrected chi connectivity index (χ4v) is 4.37. The van der Waals surface area contributed by atoms with Crippen molar-refractivity contribution < 1.29 is 13.2 Å². The van der Waals surface area contributed by atoms with Crippen LogP contribution in [-0.4, -0.2) is 42.5 Å². The van der Waals surface area contributed by atoms with Gasteiger partial charge >= 0.3 is 0 Å². The number of nitriles is 1. The molecule has 2 rings (SSSR count). The summed E-state index contributed by atoms with van der Waals surface area (Å²) in [5.41, 5.74) is 1.01. The molecule has 0 aliphatic heterocycles. The second-order valence-electron chi connectivity index (χ2n) is 5.45. The Bertz CT molecular complexity index is 934. The van der Waals surface area contributed by atoms with Gasteiger partial charge in [0, 0.05) is 25.0 Å². The minimum absolute atomic E-state index is 0.117. The van der Waals surface area contributed by atoms with E-state index in [1.807, 2.05) is 6.07 Å². The first kappa shape index (κ1) is 20.9. The highest BCUT2D eigenvalue weighted by atomic mass is 32.2. The van der Waals surface area contributed by atoms with Gasteiger partial charge in [-0.15, -0.1) is 0 Å². The van der Waals surface area contributed by atoms with E-state index >= 15 is 0 Å². The van der Waals surface area contributed by atoms with Crippen molar-refractivity contribution in [3.8, 4) is 6.07 Å². The molecule has 0 unspecified atom stereocenters. The summed E-state index contributed by atoms with van der Waals surface area (Å²) < 4.78 is 26.2. The quantitative estimate of drug-likeness (QED) is 0.679. The lowest BCUT2D eigenvalue weighted by molar-refractivity contribution is -0.113. The zero-order chi connectivity index (χ0) is 19.9. The summed E-state index contributed by atoms with van der Waals surface area (Å²) in [6.45, 7) is 4.35. The largest absolute Gasteiger partial charge is 0.325 e. The van der Waals surface area contributed by atoms with E-state index in [-0.39, 0.29) is 16.6 Å². The average Bonchev–Trinajstić information content (AvgIpc) is 2.67. The summed E-state index contributed by atoms with van der Waals surface area (Å²) in [5.74, 6) is -0.122. The fraction of sp³-hybridized carbons (Fsp3) is 0.278. The minimum Gasteiger partial charge on any atom is -0.325 e. The number of nitrogens with zero attached hydrogens (tertiary/aromatic N) is 3. The van der Waals surface area contributed by atoms with Crippen LogP contribution in [0.5, 0.6) is 0 Å². The molecule has 1 aromatic heterocycles. The number of carbonyl (C=O) groups is 1. The molecule has 1 aromatic carbocycles. The molecule has 0 radical (unpaired) electrons. The number of rotatable bonds is 8. The number of amides is 1. The third-order valence-corrected chi connectivity index (χ3v) is 6.66.